The van der Waals surface area contributed by atoms with E-state index in [1.165, 1.54) is 19.2 Å². The molecular weight excluding hydrogens is 319 g/mol. The van der Waals surface area contributed by atoms with Gasteiger partial charge in [-0.05, 0) is 0 Å². The van der Waals surface area contributed by atoms with Gasteiger partial charge < -0.3 is 0 Å². The van der Waals surface area contributed by atoms with E-state index >= 15 is 0 Å². The third-order valence-electron chi connectivity index (χ3n) is 1.48. The molecule has 0 saturated carbocycles. The summed E-state index contributed by atoms with van der Waals surface area (Å²) in [5.41, 5.74) is 1.00. The Hall–Kier alpha value is -0.180. The fraction of sp³-hybridized carbons (Fsp3) is 0.250. The molecule has 0 amide bonds. The summed E-state index contributed by atoms with van der Waals surface area (Å²) in [5.74, 6) is 0. The van der Waals surface area contributed by atoms with E-state index in [1.54, 1.807) is 12.1 Å². The molecule has 0 atom stereocenters. The summed E-state index contributed by atoms with van der Waals surface area (Å²) in [5, 5.41) is 0. The van der Waals surface area contributed by atoms with Crippen LogP contribution in [-0.4, -0.2) is 15.5 Å². The van der Waals surface area contributed by atoms with E-state index in [1.807, 2.05) is 6.92 Å². The van der Waals surface area contributed by atoms with Gasteiger partial charge in [-0.25, -0.2) is 0 Å². The van der Waals surface area contributed by atoms with Gasteiger partial charge >= 0.3 is 94.9 Å². The van der Waals surface area contributed by atoms with Gasteiger partial charge in [-0.15, -0.1) is 0 Å². The van der Waals surface area contributed by atoms with E-state index < -0.39 is 32.2 Å². The number of halogens is 1. The van der Waals surface area contributed by atoms with Gasteiger partial charge in [-0.1, -0.05) is 0 Å². The zero-order chi connectivity index (χ0) is 10.6. The Labute approximate surface area is 94.7 Å². The van der Waals surface area contributed by atoms with Crippen LogP contribution in [0.2, 0.25) is 0 Å². The SMILES string of the molecule is CO[I-]OS(=O)(=O)c1ccc(C)cc1. The molecule has 80 valence electrons. The topological polar surface area (TPSA) is 52.6 Å². The maximum atomic E-state index is 11.4. The molecule has 1 aromatic rings. The van der Waals surface area contributed by atoms with E-state index in [4.69, 9.17) is 0 Å². The first-order valence-corrected chi connectivity index (χ1v) is 6.91. The number of hydrogen-bond acceptors (Lipinski definition) is 4. The van der Waals surface area contributed by atoms with E-state index in [9.17, 15) is 8.42 Å². The second-order valence-electron chi connectivity index (χ2n) is 2.55. The Bertz CT molecular complexity index is 384. The van der Waals surface area contributed by atoms with Crippen LogP contribution in [0, 0.1) is 6.92 Å². The van der Waals surface area contributed by atoms with Crippen molar-refractivity contribution in [2.24, 2.45) is 0 Å². The second-order valence-corrected chi connectivity index (χ2v) is 6.37. The minimum atomic E-state index is -3.62. The Morgan fingerprint density at radius 3 is 2.29 bits per heavy atom. The number of hydrogen-bond donors (Lipinski definition) is 0. The van der Waals surface area contributed by atoms with Crippen molar-refractivity contribution < 1.29 is 36.0 Å². The van der Waals surface area contributed by atoms with Gasteiger partial charge in [0.1, 0.15) is 0 Å². The minimum absolute atomic E-state index is 0.167. The predicted molar refractivity (Wildman–Crippen MR) is 46.5 cm³/mol. The Balaban J connectivity index is 2.87. The van der Waals surface area contributed by atoms with E-state index in [2.05, 4.69) is 5.58 Å². The average molecular weight is 329 g/mol. The number of rotatable bonds is 4. The van der Waals surface area contributed by atoms with Crippen molar-refractivity contribution in [3.63, 3.8) is 0 Å². The van der Waals surface area contributed by atoms with Gasteiger partial charge in [0.05, 0.1) is 0 Å². The molecule has 0 bridgehead atoms. The molecule has 0 heterocycles. The molecule has 6 heteroatoms. The summed E-state index contributed by atoms with van der Waals surface area (Å²) in [6.07, 6.45) is 0. The van der Waals surface area contributed by atoms with Crippen LogP contribution in [0.4, 0.5) is 0 Å². The molecule has 0 saturated heterocycles. The molecule has 1 aromatic carbocycles. The van der Waals surface area contributed by atoms with Crippen molar-refractivity contribution >= 4 is 10.1 Å². The standard InChI is InChI=1S/C8H10IO4S/c1-7-3-5-8(6-4-7)14(10,11)13-9-12-2/h3-6H,1-2H3/q-1. The Kier molecular flexibility index (Phi) is 4.30. The van der Waals surface area contributed by atoms with Crippen LogP contribution in [0.25, 0.3) is 0 Å². The third-order valence-corrected chi connectivity index (χ3v) is 4.77. The molecule has 4 nitrogen and oxygen atoms in total. The monoisotopic (exact) mass is 329 g/mol. The Morgan fingerprint density at radius 2 is 1.79 bits per heavy atom. The predicted octanol–water partition coefficient (Wildman–Crippen LogP) is -1.73. The fourth-order valence-corrected chi connectivity index (χ4v) is 3.11. The third kappa shape index (κ3) is 3.19. The van der Waals surface area contributed by atoms with Crippen LogP contribution in [0.15, 0.2) is 29.2 Å². The van der Waals surface area contributed by atoms with E-state index in [-0.39, 0.29) is 4.90 Å². The summed E-state index contributed by atoms with van der Waals surface area (Å²) >= 11 is -1.18. The molecule has 0 spiro atoms. The molecule has 14 heavy (non-hydrogen) atoms. The van der Waals surface area contributed by atoms with E-state index in [0.717, 1.165) is 5.56 Å². The van der Waals surface area contributed by atoms with Crippen LogP contribution in [0.5, 0.6) is 0 Å². The summed E-state index contributed by atoms with van der Waals surface area (Å²) in [7, 11) is -2.20. The summed E-state index contributed by atoms with van der Waals surface area (Å²) in [6.45, 7) is 1.89. The average Bonchev–Trinajstić information content (AvgIpc) is 2.16. The summed E-state index contributed by atoms with van der Waals surface area (Å²) in [4.78, 5) is 0.167. The quantitative estimate of drug-likeness (QED) is 0.616. The molecule has 0 aliphatic carbocycles. The van der Waals surface area contributed by atoms with Crippen molar-refractivity contribution in [3.05, 3.63) is 29.8 Å². The van der Waals surface area contributed by atoms with Crippen LogP contribution in [0.3, 0.4) is 0 Å². The summed E-state index contributed by atoms with van der Waals surface area (Å²) in [6, 6.07) is 6.48. The first kappa shape index (κ1) is 11.9. The molecule has 0 N–H and O–H groups in total. The van der Waals surface area contributed by atoms with E-state index in [0.29, 0.717) is 0 Å². The Morgan fingerprint density at radius 1 is 1.21 bits per heavy atom. The zero-order valence-corrected chi connectivity index (χ0v) is 10.7. The molecule has 1 rings (SSSR count). The van der Waals surface area contributed by atoms with Gasteiger partial charge in [-0.3, -0.25) is 0 Å². The van der Waals surface area contributed by atoms with Crippen LogP contribution < -0.4 is 22.0 Å². The van der Waals surface area contributed by atoms with Gasteiger partial charge in [-0.2, -0.15) is 0 Å². The molecule has 0 aliphatic rings. The molecule has 0 aromatic heterocycles. The first-order chi connectivity index (χ1) is 6.56. The molecule has 0 unspecified atom stereocenters. The summed E-state index contributed by atoms with van der Waals surface area (Å²) < 4.78 is 32.2. The van der Waals surface area contributed by atoms with Crippen LogP contribution in [0.1, 0.15) is 5.56 Å². The van der Waals surface area contributed by atoms with Crippen LogP contribution >= 0.6 is 0 Å². The van der Waals surface area contributed by atoms with Crippen molar-refractivity contribution in [2.75, 3.05) is 7.11 Å². The van der Waals surface area contributed by atoms with Crippen molar-refractivity contribution in [1.29, 1.82) is 0 Å². The molecular formula is C8H10IO4S-. The number of aryl methyl sites for hydroxylation is 1. The van der Waals surface area contributed by atoms with Crippen LogP contribution in [-0.2, 0) is 15.7 Å². The van der Waals surface area contributed by atoms with Gasteiger partial charge in [0.15, 0.2) is 0 Å². The fourth-order valence-electron chi connectivity index (χ4n) is 0.801. The molecule has 0 fully saturated rings. The van der Waals surface area contributed by atoms with Gasteiger partial charge in [0.25, 0.3) is 0 Å². The molecule has 0 aliphatic heterocycles. The van der Waals surface area contributed by atoms with Gasteiger partial charge in [0.2, 0.25) is 0 Å². The van der Waals surface area contributed by atoms with Crippen molar-refractivity contribution in [1.82, 2.24) is 0 Å². The second kappa shape index (κ2) is 5.06. The van der Waals surface area contributed by atoms with Crippen molar-refractivity contribution in [2.45, 2.75) is 11.8 Å². The normalized spacial score (nSPS) is 11.9. The van der Waals surface area contributed by atoms with Crippen molar-refractivity contribution in [3.8, 4) is 0 Å². The first-order valence-electron chi connectivity index (χ1n) is 3.74. The van der Waals surface area contributed by atoms with Gasteiger partial charge in [0, 0.05) is 0 Å². The maximum absolute atomic E-state index is 11.4. The number of benzene rings is 1. The molecule has 0 radical (unpaired) electrons. The zero-order valence-electron chi connectivity index (χ0n) is 7.73.